The number of benzene rings is 1. The van der Waals surface area contributed by atoms with E-state index in [1.165, 1.54) is 17.2 Å². The van der Waals surface area contributed by atoms with Gasteiger partial charge < -0.3 is 15.4 Å². The number of pyridine rings is 1. The number of amides is 1. The molecular formula is C14H14ClN3O2. The van der Waals surface area contributed by atoms with Gasteiger partial charge in [-0.15, -0.1) is 0 Å². The van der Waals surface area contributed by atoms with Crippen LogP contribution in [0.3, 0.4) is 0 Å². The number of nitrogens with zero attached hydrogens (tertiary/aromatic N) is 2. The molecule has 0 aliphatic heterocycles. The monoisotopic (exact) mass is 291 g/mol. The Balaban J connectivity index is 2.29. The predicted molar refractivity (Wildman–Crippen MR) is 79.4 cm³/mol. The van der Waals surface area contributed by atoms with Crippen molar-refractivity contribution < 1.29 is 9.53 Å². The zero-order chi connectivity index (χ0) is 14.7. The van der Waals surface area contributed by atoms with Crippen molar-refractivity contribution in [3.63, 3.8) is 0 Å². The van der Waals surface area contributed by atoms with Crippen LogP contribution in [0.5, 0.6) is 5.75 Å². The van der Waals surface area contributed by atoms with E-state index in [1.807, 2.05) is 0 Å². The summed E-state index contributed by atoms with van der Waals surface area (Å²) in [6.45, 7) is 0. The molecule has 1 heterocycles. The Morgan fingerprint density at radius 2 is 2.00 bits per heavy atom. The van der Waals surface area contributed by atoms with Crippen molar-refractivity contribution in [1.29, 1.82) is 0 Å². The van der Waals surface area contributed by atoms with Crippen molar-refractivity contribution in [1.82, 2.24) is 4.98 Å². The zero-order valence-corrected chi connectivity index (χ0v) is 11.9. The van der Waals surface area contributed by atoms with E-state index in [9.17, 15) is 4.79 Å². The Morgan fingerprint density at radius 3 is 2.60 bits per heavy atom. The van der Waals surface area contributed by atoms with Crippen molar-refractivity contribution in [2.45, 2.75) is 0 Å². The van der Waals surface area contributed by atoms with Crippen LogP contribution in [0.1, 0.15) is 10.4 Å². The highest BCUT2D eigenvalue weighted by molar-refractivity contribution is 6.33. The third-order valence-electron chi connectivity index (χ3n) is 2.85. The molecule has 5 nitrogen and oxygen atoms in total. The van der Waals surface area contributed by atoms with Crippen LogP contribution in [0.2, 0.25) is 5.15 Å². The minimum absolute atomic E-state index is 0.129. The highest BCUT2D eigenvalue weighted by atomic mass is 35.5. The second-order valence-corrected chi connectivity index (χ2v) is 4.53. The Kier molecular flexibility index (Phi) is 4.10. The minimum atomic E-state index is -0.278. The highest BCUT2D eigenvalue weighted by Gasteiger charge is 2.17. The maximum atomic E-state index is 12.4. The van der Waals surface area contributed by atoms with Gasteiger partial charge in [-0.25, -0.2) is 4.98 Å². The lowest BCUT2D eigenvalue weighted by molar-refractivity contribution is 0.0993. The first-order valence-electron chi connectivity index (χ1n) is 5.86. The Morgan fingerprint density at radius 1 is 1.35 bits per heavy atom. The number of nitrogens with two attached hydrogens (primary N) is 1. The number of carbonyl (C=O) groups is 1. The fourth-order valence-electron chi connectivity index (χ4n) is 1.72. The van der Waals surface area contributed by atoms with Gasteiger partial charge in [0.25, 0.3) is 5.91 Å². The molecule has 0 fully saturated rings. The number of hydrogen-bond acceptors (Lipinski definition) is 4. The van der Waals surface area contributed by atoms with Gasteiger partial charge in [0, 0.05) is 12.7 Å². The molecule has 0 radical (unpaired) electrons. The average molecular weight is 292 g/mol. The molecule has 0 aliphatic rings. The molecule has 0 saturated carbocycles. The van der Waals surface area contributed by atoms with Gasteiger partial charge in [-0.05, 0) is 30.3 Å². The van der Waals surface area contributed by atoms with E-state index in [1.54, 1.807) is 38.4 Å². The van der Waals surface area contributed by atoms with E-state index in [4.69, 9.17) is 22.1 Å². The molecule has 2 N–H and O–H groups in total. The second-order valence-electron chi connectivity index (χ2n) is 4.17. The number of anilines is 2. The van der Waals surface area contributed by atoms with Gasteiger partial charge in [0.15, 0.2) is 0 Å². The van der Waals surface area contributed by atoms with E-state index in [2.05, 4.69) is 4.98 Å². The van der Waals surface area contributed by atoms with Crippen LogP contribution >= 0.6 is 11.6 Å². The molecule has 1 amide bonds. The first-order chi connectivity index (χ1) is 9.52. The highest BCUT2D eigenvalue weighted by Crippen LogP contribution is 2.22. The number of methoxy groups -OCH3 is 1. The van der Waals surface area contributed by atoms with Crippen molar-refractivity contribution in [3.8, 4) is 5.75 Å². The number of rotatable bonds is 3. The van der Waals surface area contributed by atoms with Crippen molar-refractivity contribution in [2.24, 2.45) is 0 Å². The molecule has 20 heavy (non-hydrogen) atoms. The van der Waals surface area contributed by atoms with Crippen LogP contribution < -0.4 is 15.4 Å². The predicted octanol–water partition coefficient (Wildman–Crippen LogP) is 2.60. The lowest BCUT2D eigenvalue weighted by atomic mass is 10.2. The maximum absolute atomic E-state index is 12.4. The standard InChI is InChI=1S/C14H14ClN3O2/c1-18(10-3-5-11(20-2)6-4-10)14(19)12-7-9(16)8-17-13(12)15/h3-8H,16H2,1-2H3. The summed E-state index contributed by atoms with van der Waals surface area (Å²) in [5.74, 6) is 0.443. The van der Waals surface area contributed by atoms with Crippen LogP contribution in [-0.2, 0) is 0 Å². The summed E-state index contributed by atoms with van der Waals surface area (Å²) in [6.07, 6.45) is 1.41. The molecular weight excluding hydrogens is 278 g/mol. The van der Waals surface area contributed by atoms with Gasteiger partial charge in [-0.3, -0.25) is 4.79 Å². The molecule has 2 rings (SSSR count). The summed E-state index contributed by atoms with van der Waals surface area (Å²) < 4.78 is 5.08. The number of aromatic nitrogens is 1. The van der Waals surface area contributed by atoms with E-state index in [0.29, 0.717) is 11.4 Å². The number of ether oxygens (including phenoxy) is 1. The maximum Gasteiger partial charge on any atom is 0.261 e. The van der Waals surface area contributed by atoms with Crippen LogP contribution in [-0.4, -0.2) is 25.0 Å². The third kappa shape index (κ3) is 2.83. The summed E-state index contributed by atoms with van der Waals surface area (Å²) in [5, 5.41) is 0.129. The SMILES string of the molecule is COc1ccc(N(C)C(=O)c2cc(N)cnc2Cl)cc1. The Labute approximate surface area is 121 Å². The fourth-order valence-corrected chi connectivity index (χ4v) is 1.90. The molecule has 0 bridgehead atoms. The summed E-state index contributed by atoms with van der Waals surface area (Å²) in [6, 6.07) is 8.63. The molecule has 2 aromatic rings. The van der Waals surface area contributed by atoms with Crippen molar-refractivity contribution in [3.05, 3.63) is 47.2 Å². The zero-order valence-electron chi connectivity index (χ0n) is 11.1. The smallest absolute Gasteiger partial charge is 0.261 e. The Bertz CT molecular complexity index is 629. The Hall–Kier alpha value is -2.27. The largest absolute Gasteiger partial charge is 0.497 e. The van der Waals surface area contributed by atoms with Crippen LogP contribution in [0, 0.1) is 0 Å². The van der Waals surface area contributed by atoms with Gasteiger partial charge in [-0.1, -0.05) is 11.6 Å². The average Bonchev–Trinajstić information content (AvgIpc) is 2.48. The molecule has 1 aromatic carbocycles. The van der Waals surface area contributed by atoms with Crippen molar-refractivity contribution >= 4 is 28.9 Å². The van der Waals surface area contributed by atoms with Gasteiger partial charge in [0.2, 0.25) is 0 Å². The van der Waals surface area contributed by atoms with E-state index in [0.717, 1.165) is 5.75 Å². The van der Waals surface area contributed by atoms with Gasteiger partial charge in [0.05, 0.1) is 24.6 Å². The van der Waals surface area contributed by atoms with E-state index < -0.39 is 0 Å². The van der Waals surface area contributed by atoms with Crippen molar-refractivity contribution in [2.75, 3.05) is 24.8 Å². The van der Waals surface area contributed by atoms with Gasteiger partial charge in [-0.2, -0.15) is 0 Å². The normalized spacial score (nSPS) is 10.2. The first-order valence-corrected chi connectivity index (χ1v) is 6.24. The topological polar surface area (TPSA) is 68.5 Å². The lowest BCUT2D eigenvalue weighted by Gasteiger charge is -2.18. The van der Waals surface area contributed by atoms with Gasteiger partial charge in [0.1, 0.15) is 10.9 Å². The summed E-state index contributed by atoms with van der Waals surface area (Å²) in [7, 11) is 3.24. The number of halogens is 1. The minimum Gasteiger partial charge on any atom is -0.497 e. The summed E-state index contributed by atoms with van der Waals surface area (Å²) in [4.78, 5) is 17.7. The van der Waals surface area contributed by atoms with Crippen LogP contribution in [0.4, 0.5) is 11.4 Å². The molecule has 6 heteroatoms. The van der Waals surface area contributed by atoms with E-state index in [-0.39, 0.29) is 16.6 Å². The first kappa shape index (κ1) is 14.1. The second kappa shape index (κ2) is 5.79. The third-order valence-corrected chi connectivity index (χ3v) is 3.16. The van der Waals surface area contributed by atoms with E-state index >= 15 is 0 Å². The number of carbonyl (C=O) groups excluding carboxylic acids is 1. The number of nitrogen functional groups attached to an aromatic ring is 1. The number of hydrogen-bond donors (Lipinski definition) is 1. The van der Waals surface area contributed by atoms with Gasteiger partial charge >= 0.3 is 0 Å². The molecule has 0 atom stereocenters. The van der Waals surface area contributed by atoms with Crippen LogP contribution in [0.25, 0.3) is 0 Å². The molecule has 0 spiro atoms. The molecule has 1 aromatic heterocycles. The summed E-state index contributed by atoms with van der Waals surface area (Å²) >= 11 is 5.94. The summed E-state index contributed by atoms with van der Waals surface area (Å²) in [5.41, 5.74) is 7.01. The molecule has 0 unspecified atom stereocenters. The molecule has 0 aliphatic carbocycles. The fraction of sp³-hybridized carbons (Fsp3) is 0.143. The quantitative estimate of drug-likeness (QED) is 0.883. The molecule has 104 valence electrons. The molecule has 0 saturated heterocycles. The van der Waals surface area contributed by atoms with Crippen LogP contribution in [0.15, 0.2) is 36.5 Å². The lowest BCUT2D eigenvalue weighted by Crippen LogP contribution is -2.26.